The highest BCUT2D eigenvalue weighted by atomic mass is 16.4. The number of carbonyl (C=O) groups is 1. The van der Waals surface area contributed by atoms with Crippen LogP contribution in [0.3, 0.4) is 0 Å². The van der Waals surface area contributed by atoms with Gasteiger partial charge in [0.15, 0.2) is 0 Å². The lowest BCUT2D eigenvalue weighted by Gasteiger charge is -2.23. The zero-order chi connectivity index (χ0) is 11.5. The monoisotopic (exact) mass is 220 g/mol. The molecule has 0 aliphatic heterocycles. The summed E-state index contributed by atoms with van der Waals surface area (Å²) in [6.07, 6.45) is 4.16. The molecule has 0 unspecified atom stereocenters. The number of hydrogen-bond acceptors (Lipinski definition) is 3. The average molecular weight is 220 g/mol. The van der Waals surface area contributed by atoms with Crippen LogP contribution in [0.2, 0.25) is 0 Å². The highest BCUT2D eigenvalue weighted by Gasteiger charge is 2.26. The first-order valence-electron chi connectivity index (χ1n) is 5.65. The van der Waals surface area contributed by atoms with Gasteiger partial charge in [-0.15, -0.1) is 0 Å². The molecule has 1 heterocycles. The molecule has 16 heavy (non-hydrogen) atoms. The van der Waals surface area contributed by atoms with Crippen LogP contribution < -0.4 is 4.90 Å². The lowest BCUT2D eigenvalue weighted by Crippen LogP contribution is -2.28. The number of carboxylic acid groups (broad SMARTS) is 1. The molecule has 1 N–H and O–H groups in total. The van der Waals surface area contributed by atoms with Crippen LogP contribution in [0.15, 0.2) is 18.3 Å². The second-order valence-electron chi connectivity index (χ2n) is 4.16. The molecule has 0 aromatic carbocycles. The van der Waals surface area contributed by atoms with Crippen LogP contribution >= 0.6 is 0 Å². The van der Waals surface area contributed by atoms with E-state index >= 15 is 0 Å². The summed E-state index contributed by atoms with van der Waals surface area (Å²) in [4.78, 5) is 17.3. The van der Waals surface area contributed by atoms with E-state index in [1.165, 1.54) is 12.8 Å². The minimum Gasteiger partial charge on any atom is -0.478 e. The van der Waals surface area contributed by atoms with Gasteiger partial charge in [0.1, 0.15) is 11.4 Å². The fourth-order valence-electron chi connectivity index (χ4n) is 1.79. The summed E-state index contributed by atoms with van der Waals surface area (Å²) in [6.45, 7) is 3.75. The Balaban J connectivity index is 2.24. The van der Waals surface area contributed by atoms with Crippen molar-refractivity contribution in [2.24, 2.45) is 5.92 Å². The maximum Gasteiger partial charge on any atom is 0.339 e. The number of rotatable bonds is 5. The maximum absolute atomic E-state index is 11.1. The van der Waals surface area contributed by atoms with Crippen LogP contribution in [0.1, 0.15) is 30.1 Å². The fourth-order valence-corrected chi connectivity index (χ4v) is 1.79. The highest BCUT2D eigenvalue weighted by molar-refractivity contribution is 5.93. The molecular formula is C12H16N2O2. The molecular weight excluding hydrogens is 204 g/mol. The molecule has 2 rings (SSSR count). The van der Waals surface area contributed by atoms with Crippen molar-refractivity contribution in [3.63, 3.8) is 0 Å². The molecule has 0 saturated heterocycles. The molecule has 0 amide bonds. The van der Waals surface area contributed by atoms with Crippen molar-refractivity contribution in [3.8, 4) is 0 Å². The van der Waals surface area contributed by atoms with Gasteiger partial charge in [-0.05, 0) is 37.8 Å². The van der Waals surface area contributed by atoms with E-state index in [1.54, 1.807) is 18.3 Å². The SMILES string of the molecule is CCN(CC1CC1)c1ncccc1C(=O)O. The smallest absolute Gasteiger partial charge is 0.339 e. The van der Waals surface area contributed by atoms with Gasteiger partial charge >= 0.3 is 5.97 Å². The Morgan fingerprint density at radius 3 is 2.94 bits per heavy atom. The molecule has 86 valence electrons. The summed E-state index contributed by atoms with van der Waals surface area (Å²) in [5, 5.41) is 9.09. The van der Waals surface area contributed by atoms with Crippen LogP contribution in [-0.4, -0.2) is 29.1 Å². The normalized spacial score (nSPS) is 14.8. The van der Waals surface area contributed by atoms with Gasteiger partial charge in [-0.2, -0.15) is 0 Å². The topological polar surface area (TPSA) is 53.4 Å². The first-order chi connectivity index (χ1) is 7.72. The summed E-state index contributed by atoms with van der Waals surface area (Å²) < 4.78 is 0. The van der Waals surface area contributed by atoms with E-state index in [9.17, 15) is 4.79 Å². The summed E-state index contributed by atoms with van der Waals surface area (Å²) >= 11 is 0. The predicted molar refractivity (Wildman–Crippen MR) is 61.8 cm³/mol. The summed E-state index contributed by atoms with van der Waals surface area (Å²) in [5.74, 6) is 0.422. The second kappa shape index (κ2) is 4.51. The fraction of sp³-hybridized carbons (Fsp3) is 0.500. The third-order valence-corrected chi connectivity index (χ3v) is 2.87. The lowest BCUT2D eigenvalue weighted by atomic mass is 10.2. The predicted octanol–water partition coefficient (Wildman–Crippen LogP) is 2.02. The van der Waals surface area contributed by atoms with Gasteiger partial charge in [-0.1, -0.05) is 0 Å². The minimum absolute atomic E-state index is 0.296. The Labute approximate surface area is 94.9 Å². The second-order valence-corrected chi connectivity index (χ2v) is 4.16. The maximum atomic E-state index is 11.1. The zero-order valence-corrected chi connectivity index (χ0v) is 9.39. The van der Waals surface area contributed by atoms with E-state index in [4.69, 9.17) is 5.11 Å². The third-order valence-electron chi connectivity index (χ3n) is 2.87. The number of anilines is 1. The van der Waals surface area contributed by atoms with Gasteiger partial charge in [0.2, 0.25) is 0 Å². The van der Waals surface area contributed by atoms with Crippen molar-refractivity contribution < 1.29 is 9.90 Å². The van der Waals surface area contributed by atoms with Gasteiger partial charge in [-0.25, -0.2) is 9.78 Å². The molecule has 0 atom stereocenters. The van der Waals surface area contributed by atoms with Crippen molar-refractivity contribution in [2.45, 2.75) is 19.8 Å². The van der Waals surface area contributed by atoms with E-state index in [1.807, 2.05) is 6.92 Å². The van der Waals surface area contributed by atoms with Crippen LogP contribution in [0, 0.1) is 5.92 Å². The molecule has 1 fully saturated rings. The Hall–Kier alpha value is -1.58. The van der Waals surface area contributed by atoms with Crippen molar-refractivity contribution in [1.82, 2.24) is 4.98 Å². The summed E-state index contributed by atoms with van der Waals surface area (Å²) in [6, 6.07) is 3.28. The molecule has 1 saturated carbocycles. The molecule has 0 bridgehead atoms. The molecule has 1 aromatic rings. The Morgan fingerprint density at radius 1 is 1.62 bits per heavy atom. The van der Waals surface area contributed by atoms with Crippen LogP contribution in [0.4, 0.5) is 5.82 Å². The lowest BCUT2D eigenvalue weighted by molar-refractivity contribution is 0.0697. The van der Waals surface area contributed by atoms with Gasteiger partial charge in [0, 0.05) is 19.3 Å². The molecule has 4 heteroatoms. The Morgan fingerprint density at radius 2 is 2.38 bits per heavy atom. The van der Waals surface area contributed by atoms with Gasteiger partial charge < -0.3 is 10.0 Å². The number of aromatic carboxylic acids is 1. The largest absolute Gasteiger partial charge is 0.478 e. The van der Waals surface area contributed by atoms with Crippen molar-refractivity contribution >= 4 is 11.8 Å². The molecule has 1 aromatic heterocycles. The van der Waals surface area contributed by atoms with E-state index in [0.717, 1.165) is 19.0 Å². The minimum atomic E-state index is -0.905. The van der Waals surface area contributed by atoms with E-state index in [0.29, 0.717) is 11.4 Å². The summed E-state index contributed by atoms with van der Waals surface area (Å²) in [7, 11) is 0. The van der Waals surface area contributed by atoms with Gasteiger partial charge in [0.25, 0.3) is 0 Å². The van der Waals surface area contributed by atoms with Crippen LogP contribution in [-0.2, 0) is 0 Å². The van der Waals surface area contributed by atoms with Crippen LogP contribution in [0.25, 0.3) is 0 Å². The van der Waals surface area contributed by atoms with Crippen molar-refractivity contribution in [3.05, 3.63) is 23.9 Å². The molecule has 0 spiro atoms. The zero-order valence-electron chi connectivity index (χ0n) is 9.39. The standard InChI is InChI=1S/C12H16N2O2/c1-2-14(8-9-5-6-9)11-10(12(15)16)4-3-7-13-11/h3-4,7,9H,2,5-6,8H2,1H3,(H,15,16). The number of aromatic nitrogens is 1. The van der Waals surface area contributed by atoms with E-state index < -0.39 is 5.97 Å². The van der Waals surface area contributed by atoms with Crippen LogP contribution in [0.5, 0.6) is 0 Å². The van der Waals surface area contributed by atoms with Crippen molar-refractivity contribution in [1.29, 1.82) is 0 Å². The number of nitrogens with zero attached hydrogens (tertiary/aromatic N) is 2. The van der Waals surface area contributed by atoms with E-state index in [2.05, 4.69) is 9.88 Å². The Bertz CT molecular complexity index is 388. The van der Waals surface area contributed by atoms with E-state index in [-0.39, 0.29) is 0 Å². The average Bonchev–Trinajstić information content (AvgIpc) is 3.09. The first-order valence-corrected chi connectivity index (χ1v) is 5.65. The molecule has 1 aliphatic carbocycles. The number of carboxylic acids is 1. The first kappa shape index (κ1) is 10.9. The Kier molecular flexibility index (Phi) is 3.08. The summed E-state index contributed by atoms with van der Waals surface area (Å²) in [5.41, 5.74) is 0.296. The molecule has 4 nitrogen and oxygen atoms in total. The molecule has 0 radical (unpaired) electrons. The number of pyridine rings is 1. The quantitative estimate of drug-likeness (QED) is 0.824. The third kappa shape index (κ3) is 2.32. The highest BCUT2D eigenvalue weighted by Crippen LogP contribution is 2.31. The number of hydrogen-bond donors (Lipinski definition) is 1. The van der Waals surface area contributed by atoms with Gasteiger partial charge in [-0.3, -0.25) is 0 Å². The van der Waals surface area contributed by atoms with Crippen molar-refractivity contribution in [2.75, 3.05) is 18.0 Å². The van der Waals surface area contributed by atoms with Gasteiger partial charge in [0.05, 0.1) is 0 Å². The molecule has 1 aliphatic rings.